The average Bonchev–Trinajstić information content (AvgIpc) is 2.16. The molecule has 15 heavy (non-hydrogen) atoms. The number of carbonyl (C=O) groups is 1. The molecule has 3 rings (SSSR count). The number of amides is 1. The fraction of sp³-hybridized carbons (Fsp3) is 0.364. The fourth-order valence-electron chi connectivity index (χ4n) is 2.47. The topological polar surface area (TPSA) is 29.1 Å². The van der Waals surface area contributed by atoms with Gasteiger partial charge >= 0.3 is 0 Å². The lowest BCUT2D eigenvalue weighted by atomic mass is 9.70. The Hall–Kier alpha value is -0.730. The molecule has 78 valence electrons. The van der Waals surface area contributed by atoms with Crippen LogP contribution in [0.25, 0.3) is 0 Å². The first-order valence-electron chi connectivity index (χ1n) is 4.87. The van der Waals surface area contributed by atoms with Gasteiger partial charge in [-0.15, -0.1) is 23.2 Å². The summed E-state index contributed by atoms with van der Waals surface area (Å²) < 4.78 is -0.728. The smallest absolute Gasteiger partial charge is 0.251 e. The first-order valence-corrected chi connectivity index (χ1v) is 5.63. The average molecular weight is 242 g/mol. The highest BCUT2D eigenvalue weighted by molar-refractivity contribution is 6.50. The lowest BCUT2D eigenvalue weighted by Gasteiger charge is -2.50. The normalized spacial score (nSPS) is 30.9. The van der Waals surface area contributed by atoms with Gasteiger partial charge in [-0.2, -0.15) is 0 Å². The van der Waals surface area contributed by atoms with E-state index >= 15 is 0 Å². The Morgan fingerprint density at radius 1 is 1.33 bits per heavy atom. The Kier molecular flexibility index (Phi) is 1.83. The van der Waals surface area contributed by atoms with E-state index in [0.717, 1.165) is 5.56 Å². The van der Waals surface area contributed by atoms with Crippen molar-refractivity contribution in [1.29, 1.82) is 0 Å². The molecule has 0 aromatic heterocycles. The Morgan fingerprint density at radius 3 is 2.80 bits per heavy atom. The van der Waals surface area contributed by atoms with Gasteiger partial charge in [-0.25, -0.2) is 0 Å². The molecule has 0 radical (unpaired) electrons. The van der Waals surface area contributed by atoms with Crippen molar-refractivity contribution in [2.24, 2.45) is 0 Å². The molecule has 2 aliphatic rings. The third kappa shape index (κ3) is 1.21. The third-order valence-electron chi connectivity index (χ3n) is 3.21. The molecule has 1 aliphatic carbocycles. The van der Waals surface area contributed by atoms with Gasteiger partial charge in [0.05, 0.1) is 0 Å². The summed E-state index contributed by atoms with van der Waals surface area (Å²) >= 11 is 12.3. The van der Waals surface area contributed by atoms with Crippen LogP contribution in [-0.2, 0) is 0 Å². The molecular formula is C11H9Cl2NO. The first-order chi connectivity index (χ1) is 7.09. The van der Waals surface area contributed by atoms with Crippen LogP contribution >= 0.6 is 23.2 Å². The standard InChI is InChI=1S/C11H9Cl2NO/c12-11(13)5-8-9(11)6-3-1-2-4-7(6)10(15)14-8/h1-4,8-9H,5H2,(H,14,15)/t8-,9-/m0/s1. The van der Waals surface area contributed by atoms with Gasteiger partial charge in [-0.05, 0) is 11.6 Å². The van der Waals surface area contributed by atoms with E-state index in [4.69, 9.17) is 23.2 Å². The van der Waals surface area contributed by atoms with E-state index in [9.17, 15) is 4.79 Å². The molecule has 0 saturated heterocycles. The monoisotopic (exact) mass is 241 g/mol. The van der Waals surface area contributed by atoms with Gasteiger partial charge in [0, 0.05) is 23.9 Å². The van der Waals surface area contributed by atoms with Crippen molar-refractivity contribution >= 4 is 29.1 Å². The van der Waals surface area contributed by atoms with Crippen LogP contribution in [0.15, 0.2) is 24.3 Å². The molecule has 1 fully saturated rings. The van der Waals surface area contributed by atoms with Crippen LogP contribution in [0.3, 0.4) is 0 Å². The SMILES string of the molecule is O=C1N[C@H]2CC(Cl)(Cl)[C@H]2c2ccccc21. The quantitative estimate of drug-likeness (QED) is 0.695. The molecule has 1 saturated carbocycles. The minimum Gasteiger partial charge on any atom is -0.348 e. The Balaban J connectivity index is 2.14. The largest absolute Gasteiger partial charge is 0.348 e. The number of carbonyl (C=O) groups excluding carboxylic acids is 1. The van der Waals surface area contributed by atoms with Gasteiger partial charge in [-0.1, -0.05) is 18.2 Å². The Labute approximate surface area is 97.6 Å². The zero-order chi connectivity index (χ0) is 10.6. The zero-order valence-corrected chi connectivity index (χ0v) is 9.35. The van der Waals surface area contributed by atoms with Crippen LogP contribution in [0, 0.1) is 0 Å². The zero-order valence-electron chi connectivity index (χ0n) is 7.84. The Morgan fingerprint density at radius 2 is 2.07 bits per heavy atom. The maximum atomic E-state index is 11.7. The second-order valence-electron chi connectivity index (χ2n) is 4.11. The van der Waals surface area contributed by atoms with Gasteiger partial charge in [0.2, 0.25) is 0 Å². The summed E-state index contributed by atoms with van der Waals surface area (Å²) in [6.07, 6.45) is 0.626. The molecule has 1 aliphatic heterocycles. The van der Waals surface area contributed by atoms with E-state index in [0.29, 0.717) is 12.0 Å². The van der Waals surface area contributed by atoms with E-state index in [-0.39, 0.29) is 17.9 Å². The summed E-state index contributed by atoms with van der Waals surface area (Å²) in [6.45, 7) is 0. The van der Waals surface area contributed by atoms with Crippen LogP contribution < -0.4 is 5.32 Å². The van der Waals surface area contributed by atoms with Gasteiger partial charge in [0.1, 0.15) is 4.33 Å². The van der Waals surface area contributed by atoms with E-state index in [1.54, 1.807) is 0 Å². The van der Waals surface area contributed by atoms with Gasteiger partial charge < -0.3 is 5.32 Å². The molecule has 2 nitrogen and oxygen atoms in total. The van der Waals surface area contributed by atoms with Gasteiger partial charge in [-0.3, -0.25) is 4.79 Å². The summed E-state index contributed by atoms with van der Waals surface area (Å²) in [4.78, 5) is 11.7. The number of hydrogen-bond donors (Lipinski definition) is 1. The lowest BCUT2D eigenvalue weighted by Crippen LogP contribution is -2.59. The predicted octanol–water partition coefficient (Wildman–Crippen LogP) is 2.46. The summed E-state index contributed by atoms with van der Waals surface area (Å²) in [7, 11) is 0. The minimum atomic E-state index is -0.728. The summed E-state index contributed by atoms with van der Waals surface area (Å²) in [5.41, 5.74) is 1.67. The van der Waals surface area contributed by atoms with E-state index < -0.39 is 4.33 Å². The number of halogens is 2. The van der Waals surface area contributed by atoms with Crippen LogP contribution in [0.2, 0.25) is 0 Å². The fourth-order valence-corrected chi connectivity index (χ4v) is 3.34. The number of rotatable bonds is 0. The highest BCUT2D eigenvalue weighted by Crippen LogP contribution is 2.55. The van der Waals surface area contributed by atoms with Crippen molar-refractivity contribution in [1.82, 2.24) is 5.32 Å². The molecule has 1 aromatic rings. The third-order valence-corrected chi connectivity index (χ3v) is 3.99. The highest BCUT2D eigenvalue weighted by atomic mass is 35.5. The van der Waals surface area contributed by atoms with Gasteiger partial charge in [0.15, 0.2) is 0 Å². The summed E-state index contributed by atoms with van der Waals surface area (Å²) in [6, 6.07) is 7.61. The molecule has 0 bridgehead atoms. The molecule has 0 unspecified atom stereocenters. The lowest BCUT2D eigenvalue weighted by molar-refractivity contribution is 0.0871. The van der Waals surface area contributed by atoms with Crippen molar-refractivity contribution in [3.8, 4) is 0 Å². The van der Waals surface area contributed by atoms with Crippen LogP contribution in [0.5, 0.6) is 0 Å². The molecule has 1 amide bonds. The summed E-state index contributed by atoms with van der Waals surface area (Å²) in [5.74, 6) is 0.0189. The number of benzene rings is 1. The predicted molar refractivity (Wildman–Crippen MR) is 59.5 cm³/mol. The van der Waals surface area contributed by atoms with Crippen molar-refractivity contribution in [2.45, 2.75) is 22.7 Å². The Bertz CT molecular complexity index is 444. The number of nitrogens with one attached hydrogen (secondary N) is 1. The van der Waals surface area contributed by atoms with Gasteiger partial charge in [0.25, 0.3) is 5.91 Å². The maximum Gasteiger partial charge on any atom is 0.251 e. The molecular weight excluding hydrogens is 233 g/mol. The van der Waals surface area contributed by atoms with Crippen molar-refractivity contribution < 1.29 is 4.79 Å². The van der Waals surface area contributed by atoms with E-state index in [1.807, 2.05) is 24.3 Å². The molecule has 4 heteroatoms. The van der Waals surface area contributed by atoms with Crippen LogP contribution in [0.1, 0.15) is 28.3 Å². The number of fused-ring (bicyclic) bond motifs is 3. The van der Waals surface area contributed by atoms with E-state index in [2.05, 4.69) is 5.32 Å². The minimum absolute atomic E-state index is 0.0179. The molecule has 0 spiro atoms. The second-order valence-corrected chi connectivity index (χ2v) is 5.65. The highest BCUT2D eigenvalue weighted by Gasteiger charge is 2.56. The van der Waals surface area contributed by atoms with Crippen LogP contribution in [-0.4, -0.2) is 16.3 Å². The number of alkyl halides is 2. The molecule has 1 aromatic carbocycles. The van der Waals surface area contributed by atoms with Crippen molar-refractivity contribution in [2.75, 3.05) is 0 Å². The van der Waals surface area contributed by atoms with E-state index in [1.165, 1.54) is 0 Å². The molecule has 1 N–H and O–H groups in total. The molecule has 1 heterocycles. The molecule has 2 atom stereocenters. The van der Waals surface area contributed by atoms with Crippen molar-refractivity contribution in [3.63, 3.8) is 0 Å². The first kappa shape index (κ1) is 9.49. The van der Waals surface area contributed by atoms with Crippen LogP contribution in [0.4, 0.5) is 0 Å². The summed E-state index contributed by atoms with van der Waals surface area (Å²) in [5, 5.41) is 2.92. The number of hydrogen-bond acceptors (Lipinski definition) is 1. The maximum absolute atomic E-state index is 11.7. The second kappa shape index (κ2) is 2.89. The van der Waals surface area contributed by atoms with Crippen molar-refractivity contribution in [3.05, 3.63) is 35.4 Å².